The number of halogens is 1. The third kappa shape index (κ3) is 5.58. The highest BCUT2D eigenvalue weighted by Gasteiger charge is 2.16. The van der Waals surface area contributed by atoms with E-state index < -0.39 is 10.0 Å². The number of nitrogens with one attached hydrogen (secondary N) is 1. The summed E-state index contributed by atoms with van der Waals surface area (Å²) in [5, 5.41) is 2.54. The molecule has 172 valence electrons. The van der Waals surface area contributed by atoms with Gasteiger partial charge in [-0.25, -0.2) is 22.8 Å². The molecule has 0 aliphatic carbocycles. The highest BCUT2D eigenvalue weighted by Crippen LogP contribution is 2.38. The van der Waals surface area contributed by atoms with E-state index in [9.17, 15) is 12.8 Å². The fraction of sp³-hybridized carbons (Fsp3) is 0.217. The van der Waals surface area contributed by atoms with Crippen LogP contribution in [0.2, 0.25) is 0 Å². The first kappa shape index (κ1) is 22.9. The average molecular weight is 488 g/mol. The molecule has 0 saturated carbocycles. The van der Waals surface area contributed by atoms with Gasteiger partial charge < -0.3 is 9.47 Å². The van der Waals surface area contributed by atoms with E-state index >= 15 is 0 Å². The molecule has 0 spiro atoms. The lowest BCUT2D eigenvalue weighted by molar-refractivity contribution is 0.244. The van der Waals surface area contributed by atoms with Crippen molar-refractivity contribution < 1.29 is 22.3 Å². The highest BCUT2D eigenvalue weighted by atomic mass is 32.2. The largest absolute Gasteiger partial charge is 0.493 e. The van der Waals surface area contributed by atoms with Crippen LogP contribution in [-0.4, -0.2) is 37.4 Å². The summed E-state index contributed by atoms with van der Waals surface area (Å²) in [7, 11) is -3.35. The summed E-state index contributed by atoms with van der Waals surface area (Å²) in [6.07, 6.45) is 1.99. The SMILES string of the molecule is CCS(=O)(=O)Nc1cccc(OCCCOc2ncnc3scc(-c4ccccc4F)c23)c1. The first-order valence-corrected chi connectivity index (χ1v) is 12.8. The number of aromatic nitrogens is 2. The van der Waals surface area contributed by atoms with Gasteiger partial charge in [0.2, 0.25) is 15.9 Å². The van der Waals surface area contributed by atoms with E-state index in [2.05, 4.69) is 14.7 Å². The molecule has 2 aromatic carbocycles. The Hall–Kier alpha value is -3.24. The Balaban J connectivity index is 1.38. The Morgan fingerprint density at radius 1 is 1.03 bits per heavy atom. The predicted octanol–water partition coefficient (Wildman–Crippen LogP) is 5.11. The standard InChI is InChI=1S/C23H22FN3O4S2/c1-2-33(28,29)27-16-7-5-8-17(13-16)30-11-6-12-31-22-21-19(14-32-23(21)26-15-25-22)18-9-3-4-10-20(18)24/h3-5,7-10,13-15,27H,2,6,11-12H2,1H3. The molecule has 0 aliphatic rings. The van der Waals surface area contributed by atoms with Crippen molar-refractivity contribution in [1.29, 1.82) is 0 Å². The number of hydrogen-bond donors (Lipinski definition) is 1. The zero-order valence-electron chi connectivity index (χ0n) is 17.8. The Morgan fingerprint density at radius 2 is 1.85 bits per heavy atom. The first-order chi connectivity index (χ1) is 16.0. The van der Waals surface area contributed by atoms with Gasteiger partial charge in [0.25, 0.3) is 0 Å². The molecule has 1 N–H and O–H groups in total. The summed E-state index contributed by atoms with van der Waals surface area (Å²) >= 11 is 1.41. The lowest BCUT2D eigenvalue weighted by Crippen LogP contribution is -2.14. The van der Waals surface area contributed by atoms with E-state index in [1.165, 1.54) is 23.7 Å². The van der Waals surface area contributed by atoms with Crippen molar-refractivity contribution in [3.05, 3.63) is 66.1 Å². The van der Waals surface area contributed by atoms with Crippen molar-refractivity contribution >= 4 is 37.3 Å². The topological polar surface area (TPSA) is 90.4 Å². The molecule has 0 saturated heterocycles. The molecule has 4 rings (SSSR count). The smallest absolute Gasteiger partial charge is 0.232 e. The fourth-order valence-corrected chi connectivity index (χ4v) is 4.68. The Labute approximate surface area is 195 Å². The van der Waals surface area contributed by atoms with Gasteiger partial charge in [0.05, 0.1) is 30.0 Å². The van der Waals surface area contributed by atoms with Crippen molar-refractivity contribution in [3.8, 4) is 22.8 Å². The van der Waals surface area contributed by atoms with E-state index in [0.29, 0.717) is 53.5 Å². The minimum absolute atomic E-state index is 0.00547. The Bertz CT molecular complexity index is 1360. The number of hydrogen-bond acceptors (Lipinski definition) is 7. The maximum absolute atomic E-state index is 14.3. The van der Waals surface area contributed by atoms with Crippen LogP contribution >= 0.6 is 11.3 Å². The van der Waals surface area contributed by atoms with Gasteiger partial charge in [-0.3, -0.25) is 4.72 Å². The summed E-state index contributed by atoms with van der Waals surface area (Å²) < 4.78 is 51.9. The minimum Gasteiger partial charge on any atom is -0.493 e. The maximum Gasteiger partial charge on any atom is 0.232 e. The zero-order chi connectivity index (χ0) is 23.3. The number of sulfonamides is 1. The fourth-order valence-electron chi connectivity index (χ4n) is 3.15. The van der Waals surface area contributed by atoms with E-state index in [1.54, 1.807) is 49.4 Å². The van der Waals surface area contributed by atoms with Crippen molar-refractivity contribution in [2.75, 3.05) is 23.7 Å². The third-order valence-electron chi connectivity index (χ3n) is 4.78. The van der Waals surface area contributed by atoms with Gasteiger partial charge in [0.15, 0.2) is 0 Å². The highest BCUT2D eigenvalue weighted by molar-refractivity contribution is 7.92. The molecule has 10 heteroatoms. The second-order valence-electron chi connectivity index (χ2n) is 7.07. The first-order valence-electron chi connectivity index (χ1n) is 10.3. The molecule has 2 aromatic heterocycles. The molecule has 7 nitrogen and oxygen atoms in total. The van der Waals surface area contributed by atoms with Crippen LogP contribution in [0.5, 0.6) is 11.6 Å². The molecule has 0 radical (unpaired) electrons. The van der Waals surface area contributed by atoms with Crippen LogP contribution in [0.3, 0.4) is 0 Å². The van der Waals surface area contributed by atoms with Crippen LogP contribution in [0.4, 0.5) is 10.1 Å². The van der Waals surface area contributed by atoms with Gasteiger partial charge in [0.1, 0.15) is 22.7 Å². The minimum atomic E-state index is -3.35. The molecule has 0 amide bonds. The van der Waals surface area contributed by atoms with Crippen molar-refractivity contribution in [1.82, 2.24) is 9.97 Å². The average Bonchev–Trinajstić information content (AvgIpc) is 3.24. The Kier molecular flexibility index (Phi) is 7.05. The van der Waals surface area contributed by atoms with Gasteiger partial charge >= 0.3 is 0 Å². The molecule has 0 unspecified atom stereocenters. The van der Waals surface area contributed by atoms with E-state index in [0.717, 1.165) is 4.83 Å². The van der Waals surface area contributed by atoms with Crippen LogP contribution in [0, 0.1) is 5.82 Å². The number of nitrogens with zero attached hydrogens (tertiary/aromatic N) is 2. The van der Waals surface area contributed by atoms with Crippen molar-refractivity contribution in [3.63, 3.8) is 0 Å². The third-order valence-corrected chi connectivity index (χ3v) is 6.98. The van der Waals surface area contributed by atoms with Crippen molar-refractivity contribution in [2.24, 2.45) is 0 Å². The summed E-state index contributed by atoms with van der Waals surface area (Å²) in [5.74, 6) is 0.629. The number of benzene rings is 2. The van der Waals surface area contributed by atoms with Crippen LogP contribution in [-0.2, 0) is 10.0 Å². The lowest BCUT2D eigenvalue weighted by Gasteiger charge is -2.11. The molecule has 0 bridgehead atoms. The predicted molar refractivity (Wildman–Crippen MR) is 128 cm³/mol. The van der Waals surface area contributed by atoms with E-state index in [1.807, 2.05) is 5.38 Å². The van der Waals surface area contributed by atoms with Gasteiger partial charge in [-0.15, -0.1) is 11.3 Å². The van der Waals surface area contributed by atoms with Gasteiger partial charge in [-0.1, -0.05) is 24.3 Å². The summed E-state index contributed by atoms with van der Waals surface area (Å²) in [6.45, 7) is 2.27. The normalized spacial score (nSPS) is 11.5. The molecule has 0 aliphatic heterocycles. The molecule has 33 heavy (non-hydrogen) atoms. The molecular weight excluding hydrogens is 465 g/mol. The number of rotatable bonds is 10. The summed E-state index contributed by atoms with van der Waals surface area (Å²) in [4.78, 5) is 9.25. The second-order valence-corrected chi connectivity index (χ2v) is 9.94. The Morgan fingerprint density at radius 3 is 2.67 bits per heavy atom. The van der Waals surface area contributed by atoms with Gasteiger partial charge in [-0.2, -0.15) is 0 Å². The lowest BCUT2D eigenvalue weighted by atomic mass is 10.1. The summed E-state index contributed by atoms with van der Waals surface area (Å²) in [6, 6.07) is 13.3. The molecule has 2 heterocycles. The van der Waals surface area contributed by atoms with E-state index in [4.69, 9.17) is 9.47 Å². The molecule has 0 atom stereocenters. The molecular formula is C23H22FN3O4S2. The quantitative estimate of drug-likeness (QED) is 0.313. The number of ether oxygens (including phenoxy) is 2. The monoisotopic (exact) mass is 487 g/mol. The van der Waals surface area contributed by atoms with Crippen LogP contribution in [0.25, 0.3) is 21.3 Å². The van der Waals surface area contributed by atoms with Crippen LogP contribution < -0.4 is 14.2 Å². The van der Waals surface area contributed by atoms with Crippen LogP contribution in [0.1, 0.15) is 13.3 Å². The number of fused-ring (bicyclic) bond motifs is 1. The maximum atomic E-state index is 14.3. The van der Waals surface area contributed by atoms with Gasteiger partial charge in [-0.05, 0) is 25.1 Å². The number of anilines is 1. The zero-order valence-corrected chi connectivity index (χ0v) is 19.5. The second kappa shape index (κ2) is 10.1. The summed E-state index contributed by atoms with van der Waals surface area (Å²) in [5.41, 5.74) is 1.63. The van der Waals surface area contributed by atoms with Crippen LogP contribution in [0.15, 0.2) is 60.2 Å². The molecule has 0 fully saturated rings. The van der Waals surface area contributed by atoms with E-state index in [-0.39, 0.29) is 11.6 Å². The van der Waals surface area contributed by atoms with Gasteiger partial charge in [0, 0.05) is 29.0 Å². The molecule has 4 aromatic rings. The number of thiophene rings is 1. The van der Waals surface area contributed by atoms with Crippen molar-refractivity contribution in [2.45, 2.75) is 13.3 Å².